The van der Waals surface area contributed by atoms with Gasteiger partial charge in [0.2, 0.25) is 0 Å². The van der Waals surface area contributed by atoms with E-state index in [2.05, 4.69) is 13.5 Å². The third kappa shape index (κ3) is 23.8. The number of carbonyl (C=O) groups excluding carboxylic acids is 2. The average Bonchev–Trinajstić information content (AvgIpc) is 2.82. The third-order valence-electron chi connectivity index (χ3n) is 5.95. The molecule has 0 spiro atoms. The second-order valence-electron chi connectivity index (χ2n) is 11.1. The van der Waals surface area contributed by atoms with Crippen molar-refractivity contribution in [2.75, 3.05) is 47.5 Å². The minimum Gasteiger partial charge on any atom is -0.756 e. The zero-order valence-electron chi connectivity index (χ0n) is 24.7. The number of esters is 2. The van der Waals surface area contributed by atoms with Crippen LogP contribution in [0.3, 0.4) is 0 Å². The largest absolute Gasteiger partial charge is 0.756 e. The van der Waals surface area contributed by atoms with E-state index in [4.69, 9.17) is 18.5 Å². The van der Waals surface area contributed by atoms with Crippen molar-refractivity contribution < 1.29 is 42.1 Å². The van der Waals surface area contributed by atoms with Gasteiger partial charge in [-0.1, -0.05) is 90.6 Å². The summed E-state index contributed by atoms with van der Waals surface area (Å²) >= 11 is 0. The highest BCUT2D eigenvalue weighted by atomic mass is 31.2. The van der Waals surface area contributed by atoms with E-state index >= 15 is 0 Å². The number of carbonyl (C=O) groups is 2. The zero-order valence-corrected chi connectivity index (χ0v) is 25.6. The Balaban J connectivity index is 4.23. The van der Waals surface area contributed by atoms with Crippen LogP contribution < -0.4 is 4.89 Å². The fourth-order valence-corrected chi connectivity index (χ4v) is 4.44. The summed E-state index contributed by atoms with van der Waals surface area (Å²) < 4.78 is 32.9. The fourth-order valence-electron chi connectivity index (χ4n) is 3.59. The van der Waals surface area contributed by atoms with Crippen LogP contribution >= 0.6 is 7.82 Å². The van der Waals surface area contributed by atoms with Crippen LogP contribution in [0.5, 0.6) is 0 Å². The normalized spacial score (nSPS) is 14.1. The van der Waals surface area contributed by atoms with Crippen molar-refractivity contribution in [2.45, 2.75) is 110 Å². The average molecular weight is 564 g/mol. The molecule has 0 amide bonds. The second kappa shape index (κ2) is 21.6. The summed E-state index contributed by atoms with van der Waals surface area (Å²) in [4.78, 5) is 36.1. The van der Waals surface area contributed by atoms with Gasteiger partial charge in [-0.05, 0) is 13.3 Å². The molecular formula is C28H54NO8P. The van der Waals surface area contributed by atoms with Gasteiger partial charge in [0.15, 0.2) is 0 Å². The predicted molar refractivity (Wildman–Crippen MR) is 148 cm³/mol. The molecule has 0 aliphatic heterocycles. The lowest BCUT2D eigenvalue weighted by Crippen LogP contribution is -2.38. The Bertz CT molecular complexity index is 707. The minimum atomic E-state index is -4.69. The fraction of sp³-hybridized carbons (Fsp3) is 0.857. The summed E-state index contributed by atoms with van der Waals surface area (Å²) in [7, 11) is 1.00. The number of likely N-dealkylation sites (N-methyl/N-ethyl adjacent to an activating group) is 1. The number of hydrogen-bond donors (Lipinski definition) is 0. The van der Waals surface area contributed by atoms with Gasteiger partial charge in [0.1, 0.15) is 32.5 Å². The first-order valence-corrected chi connectivity index (χ1v) is 15.7. The van der Waals surface area contributed by atoms with E-state index in [1.165, 1.54) is 71.1 Å². The van der Waals surface area contributed by atoms with Crippen molar-refractivity contribution in [1.82, 2.24) is 0 Å². The number of phosphoric ester groups is 1. The number of rotatable bonds is 25. The molecule has 0 saturated carbocycles. The summed E-state index contributed by atoms with van der Waals surface area (Å²) in [5.41, 5.74) is 0.160. The monoisotopic (exact) mass is 563 g/mol. The van der Waals surface area contributed by atoms with Crippen LogP contribution in [-0.2, 0) is 32.7 Å². The number of quaternary nitrogens is 1. The van der Waals surface area contributed by atoms with Crippen LogP contribution in [0.2, 0.25) is 0 Å². The number of ether oxygens (including phenoxy) is 2. The molecule has 0 aromatic rings. The minimum absolute atomic E-state index is 0.0681. The molecule has 0 aliphatic rings. The highest BCUT2D eigenvalue weighted by Crippen LogP contribution is 2.40. The van der Waals surface area contributed by atoms with Crippen LogP contribution in [0.4, 0.5) is 0 Å². The van der Waals surface area contributed by atoms with Crippen LogP contribution in [-0.4, -0.2) is 70.0 Å². The van der Waals surface area contributed by atoms with Gasteiger partial charge in [-0.15, -0.1) is 0 Å². The first kappa shape index (κ1) is 36.8. The second-order valence-corrected chi connectivity index (χ2v) is 12.4. The molecule has 224 valence electrons. The molecule has 0 fully saturated rings. The van der Waals surface area contributed by atoms with Crippen molar-refractivity contribution in [3.05, 3.63) is 12.2 Å². The Morgan fingerprint density at radius 2 is 1.32 bits per heavy atom. The quantitative estimate of drug-likeness (QED) is 0.0457. The molecule has 0 aromatic carbocycles. The topological polar surface area (TPSA) is 111 Å². The van der Waals surface area contributed by atoms with Crippen molar-refractivity contribution in [1.29, 1.82) is 0 Å². The first-order valence-electron chi connectivity index (χ1n) is 14.3. The van der Waals surface area contributed by atoms with Crippen LogP contribution in [0.15, 0.2) is 12.2 Å². The summed E-state index contributed by atoms with van der Waals surface area (Å²) in [5, 5.41) is 0. The van der Waals surface area contributed by atoms with E-state index in [0.717, 1.165) is 12.8 Å². The van der Waals surface area contributed by atoms with Gasteiger partial charge < -0.3 is 27.9 Å². The van der Waals surface area contributed by atoms with Gasteiger partial charge in [-0.3, -0.25) is 9.36 Å². The first-order chi connectivity index (χ1) is 17.9. The molecule has 38 heavy (non-hydrogen) atoms. The summed E-state index contributed by atoms with van der Waals surface area (Å²) in [5.74, 6) is -1.14. The Morgan fingerprint density at radius 3 is 1.79 bits per heavy atom. The lowest BCUT2D eigenvalue weighted by atomic mass is 10.0. The van der Waals surface area contributed by atoms with Crippen LogP contribution in [0, 0.1) is 0 Å². The maximum absolute atomic E-state index is 12.2. The van der Waals surface area contributed by atoms with Gasteiger partial charge in [0.05, 0.1) is 21.1 Å². The summed E-state index contributed by atoms with van der Waals surface area (Å²) in [6, 6.07) is 0. The predicted octanol–water partition coefficient (Wildman–Crippen LogP) is 5.71. The Kier molecular flexibility index (Phi) is 20.8. The molecule has 0 saturated heterocycles. The molecule has 0 N–H and O–H groups in total. The van der Waals surface area contributed by atoms with Crippen LogP contribution in [0.25, 0.3) is 0 Å². The lowest BCUT2D eigenvalue weighted by Gasteiger charge is -2.29. The Morgan fingerprint density at radius 1 is 0.842 bits per heavy atom. The van der Waals surface area contributed by atoms with Crippen LogP contribution in [0.1, 0.15) is 104 Å². The molecule has 0 aromatic heterocycles. The number of nitrogens with zero attached hydrogens (tertiary/aromatic N) is 1. The molecule has 9 nitrogen and oxygen atoms in total. The maximum atomic E-state index is 12.2. The smallest absolute Gasteiger partial charge is 0.333 e. The number of hydrogen-bond acceptors (Lipinski definition) is 8. The lowest BCUT2D eigenvalue weighted by molar-refractivity contribution is -0.870. The maximum Gasteiger partial charge on any atom is 0.333 e. The van der Waals surface area contributed by atoms with E-state index in [1.54, 1.807) is 0 Å². The summed E-state index contributed by atoms with van der Waals surface area (Å²) in [6.07, 6.45) is 14.8. The molecule has 0 aliphatic carbocycles. The van der Waals surface area contributed by atoms with Gasteiger partial charge in [0, 0.05) is 12.0 Å². The SMILES string of the molecule is C=C(C)C(=O)OCC(COC(=O)CCCCCCCCCCCCCCC)OP(=O)([O-])OCC[N+](C)(C)C. The molecule has 2 atom stereocenters. The molecule has 0 heterocycles. The Hall–Kier alpha value is -1.25. The van der Waals surface area contributed by atoms with Gasteiger partial charge in [0.25, 0.3) is 7.82 Å². The van der Waals surface area contributed by atoms with Crippen molar-refractivity contribution in [3.63, 3.8) is 0 Å². The zero-order chi connectivity index (χ0) is 28.9. The van der Waals surface area contributed by atoms with Gasteiger partial charge in [-0.25, -0.2) is 4.79 Å². The highest BCUT2D eigenvalue weighted by molar-refractivity contribution is 7.45. The molecule has 0 radical (unpaired) electrons. The van der Waals surface area contributed by atoms with E-state index in [-0.39, 0.29) is 25.2 Å². The molecule has 0 rings (SSSR count). The molecule has 10 heteroatoms. The molecule has 2 unspecified atom stereocenters. The third-order valence-corrected chi connectivity index (χ3v) is 7.01. The molecular weight excluding hydrogens is 509 g/mol. The van der Waals surface area contributed by atoms with Gasteiger partial charge >= 0.3 is 11.9 Å². The van der Waals surface area contributed by atoms with Crippen molar-refractivity contribution in [3.8, 4) is 0 Å². The number of phosphoric acid groups is 1. The summed E-state index contributed by atoms with van der Waals surface area (Å²) in [6.45, 7) is 6.79. The van der Waals surface area contributed by atoms with E-state index in [0.29, 0.717) is 17.4 Å². The highest BCUT2D eigenvalue weighted by Gasteiger charge is 2.23. The number of unbranched alkanes of at least 4 members (excludes halogenated alkanes) is 12. The van der Waals surface area contributed by atoms with Crippen molar-refractivity contribution in [2.24, 2.45) is 0 Å². The van der Waals surface area contributed by atoms with Gasteiger partial charge in [-0.2, -0.15) is 0 Å². The molecule has 0 bridgehead atoms. The van der Waals surface area contributed by atoms with E-state index in [1.807, 2.05) is 21.1 Å². The Labute approximate surface area is 231 Å². The standard InChI is InChI=1S/C28H54NO8P/c1-7-8-9-10-11-12-13-14-15-16-17-18-19-20-27(30)34-23-26(24-35-28(31)25(2)3)37-38(32,33)36-22-21-29(4,5)6/h26H,2,7-24H2,1,3-6H3. The van der Waals surface area contributed by atoms with E-state index < -0.39 is 32.5 Å². The van der Waals surface area contributed by atoms with Crippen molar-refractivity contribution >= 4 is 19.8 Å². The van der Waals surface area contributed by atoms with E-state index in [9.17, 15) is 19.0 Å².